The lowest BCUT2D eigenvalue weighted by atomic mass is 10.3. The molecule has 0 aromatic rings. The first kappa shape index (κ1) is 11.2. The zero-order valence-corrected chi connectivity index (χ0v) is 7.73. The first-order valence-electron chi connectivity index (χ1n) is 3.46. The number of hydrogen-bond acceptors (Lipinski definition) is 4. The summed E-state index contributed by atoms with van der Waals surface area (Å²) < 4.78 is 0. The SMILES string of the molecule is CNCC(=O)N[C@@H](CS)C(N)=O. The molecule has 4 N–H and O–H groups in total. The van der Waals surface area contributed by atoms with Gasteiger partial charge in [0, 0.05) is 5.75 Å². The third-order valence-electron chi connectivity index (χ3n) is 1.20. The second-order valence-corrected chi connectivity index (χ2v) is 2.60. The summed E-state index contributed by atoms with van der Waals surface area (Å²) in [6.45, 7) is 0.164. The van der Waals surface area contributed by atoms with Crippen molar-refractivity contribution in [3.63, 3.8) is 0 Å². The van der Waals surface area contributed by atoms with E-state index in [-0.39, 0.29) is 18.2 Å². The van der Waals surface area contributed by atoms with Crippen molar-refractivity contribution >= 4 is 24.4 Å². The van der Waals surface area contributed by atoms with Gasteiger partial charge in [-0.15, -0.1) is 0 Å². The Bertz CT molecular complexity index is 174. The molecule has 0 fully saturated rings. The molecule has 0 saturated heterocycles. The molecular weight excluding hydrogens is 178 g/mol. The van der Waals surface area contributed by atoms with Gasteiger partial charge in [-0.2, -0.15) is 12.6 Å². The van der Waals surface area contributed by atoms with Crippen molar-refractivity contribution in [2.45, 2.75) is 6.04 Å². The molecule has 0 aliphatic heterocycles. The van der Waals surface area contributed by atoms with Crippen LogP contribution in [0.5, 0.6) is 0 Å². The summed E-state index contributed by atoms with van der Waals surface area (Å²) in [7, 11) is 1.64. The van der Waals surface area contributed by atoms with E-state index in [0.717, 1.165) is 0 Å². The van der Waals surface area contributed by atoms with Crippen LogP contribution < -0.4 is 16.4 Å². The van der Waals surface area contributed by atoms with Crippen molar-refractivity contribution in [3.8, 4) is 0 Å². The van der Waals surface area contributed by atoms with Crippen LogP contribution in [-0.4, -0.2) is 37.2 Å². The lowest BCUT2D eigenvalue weighted by Crippen LogP contribution is -2.48. The third-order valence-corrected chi connectivity index (χ3v) is 1.56. The van der Waals surface area contributed by atoms with Crippen LogP contribution >= 0.6 is 12.6 Å². The lowest BCUT2D eigenvalue weighted by Gasteiger charge is -2.11. The van der Waals surface area contributed by atoms with Gasteiger partial charge in [0.25, 0.3) is 0 Å². The largest absolute Gasteiger partial charge is 0.368 e. The summed E-state index contributed by atoms with van der Waals surface area (Å²) in [4.78, 5) is 21.5. The highest BCUT2D eigenvalue weighted by atomic mass is 32.1. The van der Waals surface area contributed by atoms with Crippen LogP contribution in [0.15, 0.2) is 0 Å². The Kier molecular flexibility index (Phi) is 5.48. The molecule has 5 nitrogen and oxygen atoms in total. The van der Waals surface area contributed by atoms with E-state index in [1.807, 2.05) is 0 Å². The van der Waals surface area contributed by atoms with Crippen molar-refractivity contribution in [1.82, 2.24) is 10.6 Å². The molecule has 0 aliphatic rings. The molecule has 0 bridgehead atoms. The van der Waals surface area contributed by atoms with E-state index in [1.165, 1.54) is 0 Å². The molecular formula is C6H13N3O2S. The third kappa shape index (κ3) is 4.20. The molecule has 12 heavy (non-hydrogen) atoms. The topological polar surface area (TPSA) is 84.2 Å². The van der Waals surface area contributed by atoms with Crippen LogP contribution in [0.2, 0.25) is 0 Å². The predicted molar refractivity (Wildman–Crippen MR) is 48.9 cm³/mol. The van der Waals surface area contributed by atoms with Gasteiger partial charge in [0.1, 0.15) is 6.04 Å². The summed E-state index contributed by atoms with van der Waals surface area (Å²) in [5.41, 5.74) is 4.97. The average molecular weight is 191 g/mol. The van der Waals surface area contributed by atoms with E-state index in [2.05, 4.69) is 23.3 Å². The van der Waals surface area contributed by atoms with Gasteiger partial charge in [-0.3, -0.25) is 9.59 Å². The Morgan fingerprint density at radius 1 is 1.58 bits per heavy atom. The van der Waals surface area contributed by atoms with E-state index in [1.54, 1.807) is 7.05 Å². The number of carbonyl (C=O) groups excluding carboxylic acids is 2. The van der Waals surface area contributed by atoms with E-state index < -0.39 is 11.9 Å². The minimum atomic E-state index is -0.686. The molecule has 0 radical (unpaired) electrons. The zero-order chi connectivity index (χ0) is 9.56. The van der Waals surface area contributed by atoms with Gasteiger partial charge in [0.15, 0.2) is 0 Å². The van der Waals surface area contributed by atoms with Crippen LogP contribution in [0.3, 0.4) is 0 Å². The number of likely N-dealkylation sites (N-methyl/N-ethyl adjacent to an activating group) is 1. The fraction of sp³-hybridized carbons (Fsp3) is 0.667. The zero-order valence-electron chi connectivity index (χ0n) is 6.83. The van der Waals surface area contributed by atoms with Crippen molar-refractivity contribution < 1.29 is 9.59 Å². The maximum absolute atomic E-state index is 10.9. The molecule has 0 aromatic heterocycles. The molecule has 0 aromatic carbocycles. The molecule has 0 heterocycles. The summed E-state index contributed by atoms with van der Waals surface area (Å²) in [6, 6.07) is -0.686. The highest BCUT2D eigenvalue weighted by Gasteiger charge is 2.14. The molecule has 2 amide bonds. The van der Waals surface area contributed by atoms with Crippen LogP contribution in [0.25, 0.3) is 0 Å². The van der Waals surface area contributed by atoms with Crippen LogP contribution in [0.4, 0.5) is 0 Å². The van der Waals surface area contributed by atoms with E-state index >= 15 is 0 Å². The maximum Gasteiger partial charge on any atom is 0.240 e. The molecule has 70 valence electrons. The van der Waals surface area contributed by atoms with Gasteiger partial charge in [-0.1, -0.05) is 0 Å². The molecule has 0 unspecified atom stereocenters. The summed E-state index contributed by atoms with van der Waals surface area (Å²) in [5.74, 6) is -0.630. The lowest BCUT2D eigenvalue weighted by molar-refractivity contribution is -0.126. The van der Waals surface area contributed by atoms with E-state index in [4.69, 9.17) is 5.73 Å². The predicted octanol–water partition coefficient (Wildman–Crippen LogP) is -1.89. The molecule has 6 heteroatoms. The molecule has 0 spiro atoms. The van der Waals surface area contributed by atoms with Crippen molar-refractivity contribution in [2.24, 2.45) is 5.73 Å². The Morgan fingerprint density at radius 3 is 2.50 bits per heavy atom. The van der Waals surface area contributed by atoms with Crippen molar-refractivity contribution in [1.29, 1.82) is 0 Å². The number of carbonyl (C=O) groups is 2. The number of primary amides is 1. The minimum absolute atomic E-state index is 0.164. The number of hydrogen-bond donors (Lipinski definition) is 4. The molecule has 1 atom stereocenters. The van der Waals surface area contributed by atoms with Gasteiger partial charge in [-0.05, 0) is 7.05 Å². The molecule has 0 rings (SSSR count). The van der Waals surface area contributed by atoms with Crippen LogP contribution in [-0.2, 0) is 9.59 Å². The molecule has 0 aliphatic carbocycles. The molecule has 0 saturated carbocycles. The van der Waals surface area contributed by atoms with Gasteiger partial charge in [0.05, 0.1) is 6.54 Å². The Balaban J connectivity index is 3.85. The fourth-order valence-corrected chi connectivity index (χ4v) is 0.884. The highest BCUT2D eigenvalue weighted by Crippen LogP contribution is 1.85. The van der Waals surface area contributed by atoms with Crippen LogP contribution in [0.1, 0.15) is 0 Å². The summed E-state index contributed by atoms with van der Waals surface area (Å²) in [5, 5.41) is 5.06. The number of thiol groups is 1. The monoisotopic (exact) mass is 191 g/mol. The van der Waals surface area contributed by atoms with E-state index in [9.17, 15) is 9.59 Å². The Labute approximate surface area is 76.5 Å². The Morgan fingerprint density at radius 2 is 2.17 bits per heavy atom. The Hall–Kier alpha value is -0.750. The quantitative estimate of drug-likeness (QED) is 0.383. The average Bonchev–Trinajstić information content (AvgIpc) is 2.00. The van der Waals surface area contributed by atoms with Gasteiger partial charge >= 0.3 is 0 Å². The minimum Gasteiger partial charge on any atom is -0.368 e. The van der Waals surface area contributed by atoms with Gasteiger partial charge < -0.3 is 16.4 Å². The van der Waals surface area contributed by atoms with E-state index in [0.29, 0.717) is 0 Å². The smallest absolute Gasteiger partial charge is 0.240 e. The number of amides is 2. The van der Waals surface area contributed by atoms with Crippen molar-refractivity contribution in [3.05, 3.63) is 0 Å². The van der Waals surface area contributed by atoms with Crippen LogP contribution in [0, 0.1) is 0 Å². The summed E-state index contributed by atoms with van der Waals surface area (Å²) >= 11 is 3.86. The highest BCUT2D eigenvalue weighted by molar-refractivity contribution is 7.80. The normalized spacial score (nSPS) is 12.2. The number of nitrogens with two attached hydrogens (primary N) is 1. The number of rotatable bonds is 5. The standard InChI is InChI=1S/C6H13N3O2S/c1-8-2-5(10)9-4(3-12)6(7)11/h4,8,12H,2-3H2,1H3,(H2,7,11)(H,9,10)/t4-/m0/s1. The van der Waals surface area contributed by atoms with Gasteiger partial charge in [0.2, 0.25) is 11.8 Å². The first-order valence-corrected chi connectivity index (χ1v) is 4.09. The fourth-order valence-electron chi connectivity index (χ4n) is 0.613. The summed E-state index contributed by atoms with van der Waals surface area (Å²) in [6.07, 6.45) is 0. The first-order chi connectivity index (χ1) is 5.61. The second-order valence-electron chi connectivity index (χ2n) is 2.24. The second kappa shape index (κ2) is 5.84. The number of nitrogens with one attached hydrogen (secondary N) is 2. The van der Waals surface area contributed by atoms with Gasteiger partial charge in [-0.25, -0.2) is 0 Å². The maximum atomic E-state index is 10.9. The van der Waals surface area contributed by atoms with Crippen molar-refractivity contribution in [2.75, 3.05) is 19.3 Å².